The monoisotopic (exact) mass is 521 g/mol. The summed E-state index contributed by atoms with van der Waals surface area (Å²) in [6.07, 6.45) is 6.75. The second kappa shape index (κ2) is 9.55. The molecule has 0 unspecified atom stereocenters. The van der Waals surface area contributed by atoms with Gasteiger partial charge < -0.3 is 9.51 Å². The van der Waals surface area contributed by atoms with Crippen molar-refractivity contribution in [2.24, 2.45) is 5.92 Å². The van der Waals surface area contributed by atoms with Gasteiger partial charge in [0.25, 0.3) is 0 Å². The Kier molecular flexibility index (Phi) is 6.24. The molecule has 0 atom stereocenters. The first-order valence-electron chi connectivity index (χ1n) is 12.3. The average molecular weight is 522 g/mol. The Bertz CT molecular complexity index is 1490. The van der Waals surface area contributed by atoms with Crippen LogP contribution >= 0.6 is 23.2 Å². The summed E-state index contributed by atoms with van der Waals surface area (Å²) in [4.78, 5) is 7.11. The fourth-order valence-corrected chi connectivity index (χ4v) is 6.03. The number of aromatic nitrogens is 2. The maximum Gasteiger partial charge on any atom is 0.137 e. The van der Waals surface area contributed by atoms with Gasteiger partial charge in [0.05, 0.1) is 12.4 Å². The van der Waals surface area contributed by atoms with Crippen LogP contribution in [0, 0.1) is 5.92 Å². The standard InChI is InChI=1S/C29H26Cl2FN3O/c30-21-4-6-25(27(31)12-21)26-3-1-2-19-10-23(36)5-7-24(19)29(26)20-8-9-35-17-22(33-28(35)11-20)16-34-14-18(13-32)15-34/h4-12,17-18,36H,1-3,13-16H2. The number of phenolic OH excluding ortho intramolecular Hbond substituents is 1. The Morgan fingerprint density at radius 2 is 1.83 bits per heavy atom. The van der Waals surface area contributed by atoms with Crippen molar-refractivity contribution in [1.29, 1.82) is 0 Å². The zero-order chi connectivity index (χ0) is 24.8. The molecule has 6 rings (SSSR count). The number of imidazole rings is 1. The molecular weight excluding hydrogens is 496 g/mol. The number of aromatic hydroxyl groups is 1. The predicted octanol–water partition coefficient (Wildman–Crippen LogP) is 7.04. The maximum absolute atomic E-state index is 12.8. The predicted molar refractivity (Wildman–Crippen MR) is 143 cm³/mol. The van der Waals surface area contributed by atoms with Crippen molar-refractivity contribution < 1.29 is 9.50 Å². The van der Waals surface area contributed by atoms with Crippen molar-refractivity contribution in [3.8, 4) is 5.75 Å². The van der Waals surface area contributed by atoms with E-state index in [9.17, 15) is 9.50 Å². The van der Waals surface area contributed by atoms with Crippen molar-refractivity contribution >= 4 is 40.0 Å². The summed E-state index contributed by atoms with van der Waals surface area (Å²) in [6.45, 7) is 2.05. The number of hydrogen-bond donors (Lipinski definition) is 1. The van der Waals surface area contributed by atoms with E-state index in [4.69, 9.17) is 28.2 Å². The number of likely N-dealkylation sites (tertiary alicyclic amines) is 1. The van der Waals surface area contributed by atoms with Crippen molar-refractivity contribution in [3.05, 3.63) is 98.9 Å². The lowest BCUT2D eigenvalue weighted by Gasteiger charge is -2.37. The fourth-order valence-electron chi connectivity index (χ4n) is 5.51. The van der Waals surface area contributed by atoms with Gasteiger partial charge in [-0.05, 0) is 89.1 Å². The average Bonchev–Trinajstić information content (AvgIpc) is 3.14. The van der Waals surface area contributed by atoms with Crippen LogP contribution in [0.2, 0.25) is 10.0 Å². The van der Waals surface area contributed by atoms with Crippen LogP contribution < -0.4 is 0 Å². The molecule has 1 aliphatic carbocycles. The Labute approximate surface area is 219 Å². The van der Waals surface area contributed by atoms with E-state index < -0.39 is 0 Å². The number of nitrogens with zero attached hydrogens (tertiary/aromatic N) is 3. The third kappa shape index (κ3) is 4.40. The van der Waals surface area contributed by atoms with Gasteiger partial charge in [-0.2, -0.15) is 0 Å². The van der Waals surface area contributed by atoms with E-state index >= 15 is 0 Å². The molecule has 3 heterocycles. The molecule has 1 saturated heterocycles. The number of phenols is 1. The van der Waals surface area contributed by atoms with Crippen LogP contribution in [0.3, 0.4) is 0 Å². The second-order valence-electron chi connectivity index (χ2n) is 9.80. The smallest absolute Gasteiger partial charge is 0.137 e. The normalized spacial score (nSPS) is 16.8. The van der Waals surface area contributed by atoms with Gasteiger partial charge in [0.2, 0.25) is 0 Å². The molecule has 0 saturated carbocycles. The van der Waals surface area contributed by atoms with E-state index in [1.54, 1.807) is 12.1 Å². The zero-order valence-corrected chi connectivity index (χ0v) is 21.2. The minimum Gasteiger partial charge on any atom is -0.508 e. The maximum atomic E-state index is 12.8. The van der Waals surface area contributed by atoms with Gasteiger partial charge in [-0.25, -0.2) is 4.98 Å². The molecule has 1 fully saturated rings. The van der Waals surface area contributed by atoms with Crippen molar-refractivity contribution in [3.63, 3.8) is 0 Å². The fraction of sp³-hybridized carbons (Fsp3) is 0.276. The first-order chi connectivity index (χ1) is 17.5. The summed E-state index contributed by atoms with van der Waals surface area (Å²) < 4.78 is 14.9. The highest BCUT2D eigenvalue weighted by molar-refractivity contribution is 6.36. The highest BCUT2D eigenvalue weighted by Crippen LogP contribution is 2.43. The minimum absolute atomic E-state index is 0.161. The van der Waals surface area contributed by atoms with Crippen LogP contribution in [0.25, 0.3) is 16.8 Å². The summed E-state index contributed by atoms with van der Waals surface area (Å²) in [5.41, 5.74) is 8.35. The van der Waals surface area contributed by atoms with E-state index in [1.807, 2.05) is 41.1 Å². The van der Waals surface area contributed by atoms with Gasteiger partial charge in [-0.1, -0.05) is 35.3 Å². The molecule has 4 nitrogen and oxygen atoms in total. The molecule has 2 aromatic carbocycles. The third-order valence-electron chi connectivity index (χ3n) is 7.22. The molecule has 0 spiro atoms. The van der Waals surface area contributed by atoms with Gasteiger partial charge in [0.1, 0.15) is 11.4 Å². The van der Waals surface area contributed by atoms with Crippen LogP contribution in [0.15, 0.2) is 60.9 Å². The molecule has 2 aliphatic rings. The molecule has 7 heteroatoms. The van der Waals surface area contributed by atoms with Gasteiger partial charge in [-0.3, -0.25) is 9.29 Å². The molecule has 4 aromatic rings. The second-order valence-corrected chi connectivity index (χ2v) is 10.6. The highest BCUT2D eigenvalue weighted by Gasteiger charge is 2.27. The van der Waals surface area contributed by atoms with Crippen molar-refractivity contribution in [1.82, 2.24) is 14.3 Å². The summed E-state index contributed by atoms with van der Waals surface area (Å²) in [5.74, 6) is 0.434. The Morgan fingerprint density at radius 3 is 2.64 bits per heavy atom. The molecular formula is C29H26Cl2FN3O. The van der Waals surface area contributed by atoms with Crippen LogP contribution in [0.4, 0.5) is 4.39 Å². The summed E-state index contributed by atoms with van der Waals surface area (Å²) >= 11 is 12.9. The van der Waals surface area contributed by atoms with Gasteiger partial charge in [0.15, 0.2) is 0 Å². The number of benzene rings is 2. The lowest BCUT2D eigenvalue weighted by Crippen LogP contribution is -2.46. The van der Waals surface area contributed by atoms with E-state index in [0.717, 1.165) is 83.6 Å². The Hall–Kier alpha value is -2.86. The lowest BCUT2D eigenvalue weighted by molar-refractivity contribution is 0.0727. The largest absolute Gasteiger partial charge is 0.508 e. The number of aryl methyl sites for hydroxylation is 1. The Morgan fingerprint density at radius 1 is 1.00 bits per heavy atom. The summed E-state index contributed by atoms with van der Waals surface area (Å²) in [6, 6.07) is 15.5. The van der Waals surface area contributed by atoms with Crippen molar-refractivity contribution in [2.45, 2.75) is 25.8 Å². The number of pyridine rings is 1. The number of alkyl halides is 1. The Balaban J connectivity index is 1.47. The molecule has 36 heavy (non-hydrogen) atoms. The summed E-state index contributed by atoms with van der Waals surface area (Å²) in [5, 5.41) is 11.4. The minimum atomic E-state index is -0.251. The van der Waals surface area contributed by atoms with Crippen molar-refractivity contribution in [2.75, 3.05) is 19.8 Å². The molecule has 2 aromatic heterocycles. The van der Waals surface area contributed by atoms with E-state index in [0.29, 0.717) is 10.0 Å². The SMILES string of the molecule is Oc1ccc2c(c1)CCCC(c1ccc(Cl)cc1Cl)=C2c1ccn2cc(CN3CC(CF)C3)nc2c1. The van der Waals surface area contributed by atoms with Gasteiger partial charge in [0, 0.05) is 48.0 Å². The quantitative estimate of drug-likeness (QED) is 0.306. The number of rotatable bonds is 5. The van der Waals surface area contributed by atoms with Crippen LogP contribution in [0.5, 0.6) is 5.75 Å². The lowest BCUT2D eigenvalue weighted by atomic mass is 9.88. The number of halogens is 3. The van der Waals surface area contributed by atoms with Gasteiger partial charge >= 0.3 is 0 Å². The highest BCUT2D eigenvalue weighted by atomic mass is 35.5. The molecule has 0 bridgehead atoms. The number of allylic oxidation sites excluding steroid dienone is 1. The number of fused-ring (bicyclic) bond motifs is 2. The molecule has 184 valence electrons. The molecule has 1 aliphatic heterocycles. The van der Waals surface area contributed by atoms with Crippen LogP contribution in [0.1, 0.15) is 40.8 Å². The van der Waals surface area contributed by atoms with Crippen LogP contribution in [-0.4, -0.2) is 39.2 Å². The third-order valence-corrected chi connectivity index (χ3v) is 7.77. The first-order valence-corrected chi connectivity index (χ1v) is 13.0. The number of hydrogen-bond acceptors (Lipinski definition) is 3. The zero-order valence-electron chi connectivity index (χ0n) is 19.7. The summed E-state index contributed by atoms with van der Waals surface area (Å²) in [7, 11) is 0. The van der Waals surface area contributed by atoms with E-state index in [1.165, 1.54) is 0 Å². The molecule has 1 N–H and O–H groups in total. The topological polar surface area (TPSA) is 40.8 Å². The van der Waals surface area contributed by atoms with Gasteiger partial charge in [-0.15, -0.1) is 0 Å². The van der Waals surface area contributed by atoms with E-state index in [2.05, 4.69) is 17.0 Å². The molecule has 0 radical (unpaired) electrons. The first kappa shape index (κ1) is 23.5. The van der Waals surface area contributed by atoms with Crippen LogP contribution in [-0.2, 0) is 13.0 Å². The molecule has 0 amide bonds. The van der Waals surface area contributed by atoms with E-state index in [-0.39, 0.29) is 18.3 Å².